The molecule has 6 nitrogen and oxygen atoms in total. The Morgan fingerprint density at radius 1 is 0.556 bits per heavy atom. The Bertz CT molecular complexity index is 812. The van der Waals surface area contributed by atoms with Crippen molar-refractivity contribution >= 4 is 11.9 Å². The molecule has 0 saturated heterocycles. The highest BCUT2D eigenvalue weighted by Gasteiger charge is 2.19. The number of hydrogen-bond acceptors (Lipinski definition) is 6. The summed E-state index contributed by atoms with van der Waals surface area (Å²) in [5, 5.41) is 9.32. The third-order valence-electron chi connectivity index (χ3n) is 8.90. The van der Waals surface area contributed by atoms with Crippen LogP contribution in [0.25, 0.3) is 0 Å². The van der Waals surface area contributed by atoms with E-state index in [4.69, 9.17) is 5.73 Å². The molecule has 0 fully saturated rings. The number of hydrogen-bond donors (Lipinski definition) is 2. The maximum atomic E-state index is 11.9. The van der Waals surface area contributed by atoms with Crippen molar-refractivity contribution in [3.05, 3.63) is 29.8 Å². The van der Waals surface area contributed by atoms with Crippen LogP contribution in [0, 0.1) is 0 Å². The normalized spacial score (nSPS) is 11.9. The Morgan fingerprint density at radius 2 is 0.889 bits per heavy atom. The van der Waals surface area contributed by atoms with Gasteiger partial charge in [-0.3, -0.25) is 0 Å². The first-order chi connectivity index (χ1) is 22.0. The second-order valence-electron chi connectivity index (χ2n) is 13.3. The zero-order chi connectivity index (χ0) is 32.6. The molecule has 260 valence electrons. The molecule has 1 aromatic rings. The van der Waals surface area contributed by atoms with E-state index >= 15 is 0 Å². The maximum Gasteiger partial charge on any atom is 0.372 e. The van der Waals surface area contributed by atoms with Crippen molar-refractivity contribution in [2.45, 2.75) is 199 Å². The van der Waals surface area contributed by atoms with Crippen molar-refractivity contribution in [3.63, 3.8) is 0 Å². The lowest BCUT2D eigenvalue weighted by molar-refractivity contribution is -0.260. The van der Waals surface area contributed by atoms with Crippen molar-refractivity contribution in [2.24, 2.45) is 5.73 Å². The average molecular weight is 632 g/mol. The largest absolute Gasteiger partial charge is 0.508 e. The van der Waals surface area contributed by atoms with Crippen molar-refractivity contribution in [1.82, 2.24) is 0 Å². The number of rotatable bonds is 31. The van der Waals surface area contributed by atoms with E-state index in [1.54, 1.807) is 12.1 Å². The van der Waals surface area contributed by atoms with E-state index in [0.717, 1.165) is 24.8 Å². The topological polar surface area (TPSA) is 98.9 Å². The zero-order valence-electron chi connectivity index (χ0n) is 29.1. The Kier molecular flexibility index (Phi) is 27.8. The first kappa shape index (κ1) is 40.9. The number of phenols is 1. The molecular formula is C39H69NO5. The maximum absolute atomic E-state index is 11.9. The smallest absolute Gasteiger partial charge is 0.372 e. The van der Waals surface area contributed by atoms with E-state index in [0.29, 0.717) is 0 Å². The molecule has 3 N–H and O–H groups in total. The van der Waals surface area contributed by atoms with Crippen LogP contribution < -0.4 is 5.73 Å². The average Bonchev–Trinajstić information content (AvgIpc) is 3.04. The van der Waals surface area contributed by atoms with Gasteiger partial charge in [0.1, 0.15) is 11.8 Å². The molecule has 0 aliphatic heterocycles. The van der Waals surface area contributed by atoms with E-state index in [9.17, 15) is 14.7 Å². The molecule has 1 atom stereocenters. The predicted molar refractivity (Wildman–Crippen MR) is 187 cm³/mol. The molecule has 0 amide bonds. The summed E-state index contributed by atoms with van der Waals surface area (Å²) in [7, 11) is 0. The fourth-order valence-electron chi connectivity index (χ4n) is 5.92. The van der Waals surface area contributed by atoms with Gasteiger partial charge in [0.2, 0.25) is 0 Å². The minimum atomic E-state index is -0.939. The Labute approximate surface area is 276 Å². The summed E-state index contributed by atoms with van der Waals surface area (Å²) in [6, 6.07) is 5.47. The number of carbonyl (C=O) groups is 2. The SMILES string of the molecule is CCCCCCCCCCCCCCCCCCCCCCCCCCCCCC(=O)OOC(=O)C(N)Cc1ccc(O)cc1. The molecule has 0 radical (unpaired) electrons. The summed E-state index contributed by atoms with van der Waals surface area (Å²) < 4.78 is 0. The molecule has 0 aliphatic carbocycles. The summed E-state index contributed by atoms with van der Waals surface area (Å²) >= 11 is 0. The van der Waals surface area contributed by atoms with Crippen LogP contribution in [0.4, 0.5) is 0 Å². The van der Waals surface area contributed by atoms with Crippen LogP contribution in [0.3, 0.4) is 0 Å². The second-order valence-corrected chi connectivity index (χ2v) is 13.3. The molecule has 1 unspecified atom stereocenters. The van der Waals surface area contributed by atoms with Gasteiger partial charge in [-0.25, -0.2) is 19.4 Å². The summed E-state index contributed by atoms with van der Waals surface area (Å²) in [5.74, 6) is -1.18. The highest BCUT2D eigenvalue weighted by atomic mass is 17.2. The summed E-state index contributed by atoms with van der Waals surface area (Å²) in [6.07, 6.45) is 37.0. The lowest BCUT2D eigenvalue weighted by atomic mass is 10.0. The van der Waals surface area contributed by atoms with E-state index in [1.807, 2.05) is 0 Å². The molecule has 0 bridgehead atoms. The van der Waals surface area contributed by atoms with Gasteiger partial charge in [-0.05, 0) is 30.5 Å². The highest BCUT2D eigenvalue weighted by Crippen LogP contribution is 2.17. The third-order valence-corrected chi connectivity index (χ3v) is 8.90. The molecule has 1 rings (SSSR count). The molecular weight excluding hydrogens is 562 g/mol. The second kappa shape index (κ2) is 30.6. The van der Waals surface area contributed by atoms with Crippen LogP contribution in [-0.2, 0) is 25.8 Å². The predicted octanol–water partition coefficient (Wildman–Crippen LogP) is 11.2. The standard InChI is InChI=1S/C39H69NO5/c1-2-3-4-5-6-7-8-9-10-11-12-13-14-15-16-17-18-19-20-21-22-23-24-25-26-27-28-29-38(42)44-45-39(43)37(40)34-35-30-32-36(41)33-31-35/h30-33,37,41H,2-29,34,40H2,1H3. The zero-order valence-corrected chi connectivity index (χ0v) is 29.1. The van der Waals surface area contributed by atoms with Gasteiger partial charge >= 0.3 is 11.9 Å². The Morgan fingerprint density at radius 3 is 1.24 bits per heavy atom. The van der Waals surface area contributed by atoms with E-state index in [2.05, 4.69) is 16.7 Å². The van der Waals surface area contributed by atoms with Gasteiger partial charge < -0.3 is 10.8 Å². The number of nitrogens with two attached hydrogens (primary N) is 1. The van der Waals surface area contributed by atoms with Gasteiger partial charge in [-0.1, -0.05) is 186 Å². The van der Waals surface area contributed by atoms with Gasteiger partial charge in [0, 0.05) is 0 Å². The van der Waals surface area contributed by atoms with Crippen LogP contribution >= 0.6 is 0 Å². The van der Waals surface area contributed by atoms with Crippen LogP contribution in [0.1, 0.15) is 192 Å². The lowest BCUT2D eigenvalue weighted by Gasteiger charge is -2.10. The van der Waals surface area contributed by atoms with Gasteiger partial charge in [-0.15, -0.1) is 0 Å². The number of carbonyl (C=O) groups excluding carboxylic acids is 2. The van der Waals surface area contributed by atoms with Crippen LogP contribution in [0.2, 0.25) is 0 Å². The number of phenolic OH excluding ortho intramolecular Hbond substituents is 1. The minimum Gasteiger partial charge on any atom is -0.508 e. The minimum absolute atomic E-state index is 0.144. The monoisotopic (exact) mass is 632 g/mol. The van der Waals surface area contributed by atoms with Gasteiger partial charge in [-0.2, -0.15) is 0 Å². The number of aromatic hydroxyl groups is 1. The number of unbranched alkanes of at least 4 members (excludes halogenated alkanes) is 26. The first-order valence-electron chi connectivity index (χ1n) is 19.0. The Balaban J connectivity index is 1.75. The van der Waals surface area contributed by atoms with Gasteiger partial charge in [0.25, 0.3) is 0 Å². The van der Waals surface area contributed by atoms with Gasteiger partial charge in [0.05, 0.1) is 6.42 Å². The van der Waals surface area contributed by atoms with Crippen molar-refractivity contribution in [3.8, 4) is 5.75 Å². The van der Waals surface area contributed by atoms with E-state index < -0.39 is 18.0 Å². The number of benzene rings is 1. The third kappa shape index (κ3) is 26.8. The molecule has 0 saturated carbocycles. The molecule has 45 heavy (non-hydrogen) atoms. The first-order valence-corrected chi connectivity index (χ1v) is 19.0. The van der Waals surface area contributed by atoms with Crippen LogP contribution in [0.15, 0.2) is 24.3 Å². The molecule has 6 heteroatoms. The van der Waals surface area contributed by atoms with E-state index in [-0.39, 0.29) is 18.6 Å². The van der Waals surface area contributed by atoms with Crippen LogP contribution in [0.5, 0.6) is 5.75 Å². The molecule has 1 aromatic carbocycles. The summed E-state index contributed by atoms with van der Waals surface area (Å²) in [5.41, 5.74) is 6.60. The fraction of sp³-hybridized carbons (Fsp3) is 0.795. The highest BCUT2D eigenvalue weighted by molar-refractivity contribution is 5.77. The van der Waals surface area contributed by atoms with Gasteiger partial charge in [0.15, 0.2) is 0 Å². The Hall–Kier alpha value is -2.08. The van der Waals surface area contributed by atoms with Crippen molar-refractivity contribution in [1.29, 1.82) is 0 Å². The molecule has 0 aliphatic rings. The summed E-state index contributed by atoms with van der Waals surface area (Å²) in [6.45, 7) is 2.29. The van der Waals surface area contributed by atoms with Crippen molar-refractivity contribution < 1.29 is 24.5 Å². The fourth-order valence-corrected chi connectivity index (χ4v) is 5.92. The quantitative estimate of drug-likeness (QED) is 0.0480. The summed E-state index contributed by atoms with van der Waals surface area (Å²) in [4.78, 5) is 33.0. The molecule has 0 heterocycles. The molecule has 0 aromatic heterocycles. The van der Waals surface area contributed by atoms with E-state index in [1.165, 1.54) is 166 Å². The van der Waals surface area contributed by atoms with Crippen LogP contribution in [-0.4, -0.2) is 23.1 Å². The molecule has 0 spiro atoms. The lowest BCUT2D eigenvalue weighted by Crippen LogP contribution is -2.34. The van der Waals surface area contributed by atoms with Crippen molar-refractivity contribution in [2.75, 3.05) is 0 Å².